The van der Waals surface area contributed by atoms with Gasteiger partial charge in [0.05, 0.1) is 4.83 Å². The third-order valence-electron chi connectivity index (χ3n) is 3.98. The Bertz CT molecular complexity index is 353. The maximum absolute atomic E-state index is 3.95. The third kappa shape index (κ3) is 2.53. The molecule has 0 N–H and O–H groups in total. The van der Waals surface area contributed by atoms with Crippen molar-refractivity contribution in [2.45, 2.75) is 51.3 Å². The van der Waals surface area contributed by atoms with Crippen LogP contribution in [0.1, 0.15) is 54.1 Å². The lowest BCUT2D eigenvalue weighted by Gasteiger charge is -2.41. The fourth-order valence-electron chi connectivity index (χ4n) is 2.86. The van der Waals surface area contributed by atoms with Crippen molar-refractivity contribution in [1.29, 1.82) is 0 Å². The van der Waals surface area contributed by atoms with E-state index in [1.165, 1.54) is 35.4 Å². The van der Waals surface area contributed by atoms with Gasteiger partial charge in [0, 0.05) is 9.75 Å². The molecule has 2 heteroatoms. The summed E-state index contributed by atoms with van der Waals surface area (Å²) in [5.41, 5.74) is 0.490. The van der Waals surface area contributed by atoms with E-state index in [4.69, 9.17) is 0 Å². The minimum atomic E-state index is 0.490. The van der Waals surface area contributed by atoms with Crippen LogP contribution in [0.25, 0.3) is 0 Å². The van der Waals surface area contributed by atoms with Crippen molar-refractivity contribution in [3.8, 4) is 0 Å². The van der Waals surface area contributed by atoms with Crippen LogP contribution in [-0.2, 0) is 0 Å². The molecule has 0 saturated heterocycles. The van der Waals surface area contributed by atoms with Crippen molar-refractivity contribution in [2.24, 2.45) is 11.3 Å². The fraction of sp³-hybridized carbons (Fsp3) is 0.714. The zero-order valence-corrected chi connectivity index (χ0v) is 12.8. The molecule has 2 rings (SSSR count). The highest BCUT2D eigenvalue weighted by molar-refractivity contribution is 9.09. The maximum atomic E-state index is 3.95. The van der Waals surface area contributed by atoms with Crippen LogP contribution >= 0.6 is 27.3 Å². The van der Waals surface area contributed by atoms with Gasteiger partial charge in [0.15, 0.2) is 0 Å². The zero-order valence-electron chi connectivity index (χ0n) is 10.4. The molecule has 90 valence electrons. The summed E-state index contributed by atoms with van der Waals surface area (Å²) in [6.07, 6.45) is 5.57. The van der Waals surface area contributed by atoms with E-state index in [-0.39, 0.29) is 0 Å². The van der Waals surface area contributed by atoms with Gasteiger partial charge < -0.3 is 0 Å². The van der Waals surface area contributed by atoms with Gasteiger partial charge in [-0.25, -0.2) is 0 Å². The van der Waals surface area contributed by atoms with Gasteiger partial charge in [0.2, 0.25) is 0 Å². The topological polar surface area (TPSA) is 0 Å². The average Bonchev–Trinajstić information content (AvgIpc) is 2.63. The molecule has 0 radical (unpaired) electrons. The number of alkyl halides is 1. The van der Waals surface area contributed by atoms with E-state index in [0.29, 0.717) is 10.2 Å². The van der Waals surface area contributed by atoms with Gasteiger partial charge in [-0.15, -0.1) is 11.3 Å². The summed E-state index contributed by atoms with van der Waals surface area (Å²) in [6.45, 7) is 7.07. The second-order valence-electron chi connectivity index (χ2n) is 5.69. The smallest absolute Gasteiger partial charge is 0.0522 e. The SMILES string of the molecule is Cc1ccc(C(Br)C2CCCCC2(C)C)s1. The Morgan fingerprint density at radius 3 is 2.69 bits per heavy atom. The van der Waals surface area contributed by atoms with Gasteiger partial charge in [-0.2, -0.15) is 0 Å². The van der Waals surface area contributed by atoms with Crippen molar-refractivity contribution in [1.82, 2.24) is 0 Å². The maximum Gasteiger partial charge on any atom is 0.0522 e. The normalized spacial score (nSPS) is 26.6. The van der Waals surface area contributed by atoms with Gasteiger partial charge in [0.1, 0.15) is 0 Å². The molecule has 0 aliphatic heterocycles. The summed E-state index contributed by atoms with van der Waals surface area (Å²) in [5, 5.41) is 0. The molecule has 1 aromatic heterocycles. The van der Waals surface area contributed by atoms with Crippen LogP contribution in [0.4, 0.5) is 0 Å². The number of thiophene rings is 1. The van der Waals surface area contributed by atoms with Crippen LogP contribution in [0, 0.1) is 18.3 Å². The predicted molar refractivity (Wildman–Crippen MR) is 76.5 cm³/mol. The Kier molecular flexibility index (Phi) is 3.80. The third-order valence-corrected chi connectivity index (χ3v) is 6.49. The van der Waals surface area contributed by atoms with Crippen molar-refractivity contribution in [3.05, 3.63) is 21.9 Å². The Morgan fingerprint density at radius 1 is 1.38 bits per heavy atom. The average molecular weight is 301 g/mol. The largest absolute Gasteiger partial charge is 0.145 e. The monoisotopic (exact) mass is 300 g/mol. The Hall–Kier alpha value is 0.180. The molecule has 2 unspecified atom stereocenters. The molecule has 1 aromatic rings. The lowest BCUT2D eigenvalue weighted by atomic mass is 9.67. The molecule has 16 heavy (non-hydrogen) atoms. The van der Waals surface area contributed by atoms with Crippen molar-refractivity contribution in [3.63, 3.8) is 0 Å². The van der Waals surface area contributed by atoms with E-state index in [2.05, 4.69) is 48.8 Å². The van der Waals surface area contributed by atoms with Crippen LogP contribution in [0.3, 0.4) is 0 Å². The molecule has 2 atom stereocenters. The van der Waals surface area contributed by atoms with Crippen LogP contribution < -0.4 is 0 Å². The molecule has 0 spiro atoms. The first kappa shape index (κ1) is 12.6. The number of aryl methyl sites for hydroxylation is 1. The van der Waals surface area contributed by atoms with Crippen molar-refractivity contribution < 1.29 is 0 Å². The summed E-state index contributed by atoms with van der Waals surface area (Å²) in [7, 11) is 0. The van der Waals surface area contributed by atoms with Crippen LogP contribution in [-0.4, -0.2) is 0 Å². The Morgan fingerprint density at radius 2 is 2.12 bits per heavy atom. The molecule has 0 aromatic carbocycles. The highest BCUT2D eigenvalue weighted by atomic mass is 79.9. The van der Waals surface area contributed by atoms with Gasteiger partial charge in [-0.3, -0.25) is 0 Å². The molecule has 0 nitrogen and oxygen atoms in total. The minimum Gasteiger partial charge on any atom is -0.145 e. The van der Waals surface area contributed by atoms with E-state index >= 15 is 0 Å². The summed E-state index contributed by atoms with van der Waals surface area (Å²) in [5.74, 6) is 0.791. The highest BCUT2D eigenvalue weighted by Crippen LogP contribution is 2.51. The van der Waals surface area contributed by atoms with Gasteiger partial charge >= 0.3 is 0 Å². The quantitative estimate of drug-likeness (QED) is 0.614. The lowest BCUT2D eigenvalue weighted by Crippen LogP contribution is -2.30. The fourth-order valence-corrected chi connectivity index (χ4v) is 5.20. The number of halogens is 1. The van der Waals surface area contributed by atoms with Crippen molar-refractivity contribution >= 4 is 27.3 Å². The molecule has 0 bridgehead atoms. The van der Waals surface area contributed by atoms with Crippen LogP contribution in [0.15, 0.2) is 12.1 Å². The summed E-state index contributed by atoms with van der Waals surface area (Å²) in [6, 6.07) is 4.54. The van der Waals surface area contributed by atoms with Gasteiger partial charge in [0.25, 0.3) is 0 Å². The zero-order chi connectivity index (χ0) is 11.8. The molecular weight excluding hydrogens is 280 g/mol. The minimum absolute atomic E-state index is 0.490. The first-order valence-electron chi connectivity index (χ1n) is 6.21. The molecule has 1 heterocycles. The second-order valence-corrected chi connectivity index (χ2v) is 8.00. The van der Waals surface area contributed by atoms with E-state index < -0.39 is 0 Å². The molecular formula is C14H21BrS. The standard InChI is InChI=1S/C14H21BrS/c1-10-7-8-12(16-10)13(15)11-6-4-5-9-14(11,2)3/h7-8,11,13H,4-6,9H2,1-3H3. The van der Waals surface area contributed by atoms with Crippen molar-refractivity contribution in [2.75, 3.05) is 0 Å². The van der Waals surface area contributed by atoms with E-state index in [0.717, 1.165) is 5.92 Å². The number of rotatable bonds is 2. The first-order chi connectivity index (χ1) is 7.50. The molecule has 1 aliphatic rings. The molecule has 0 amide bonds. The van der Waals surface area contributed by atoms with E-state index in [9.17, 15) is 0 Å². The first-order valence-corrected chi connectivity index (χ1v) is 7.94. The lowest BCUT2D eigenvalue weighted by molar-refractivity contribution is 0.137. The van der Waals surface area contributed by atoms with Crippen LogP contribution in [0.5, 0.6) is 0 Å². The number of hydrogen-bond donors (Lipinski definition) is 0. The van der Waals surface area contributed by atoms with Gasteiger partial charge in [-0.05, 0) is 43.2 Å². The second kappa shape index (κ2) is 4.81. The predicted octanol–water partition coefficient (Wildman–Crippen LogP) is 5.71. The Labute approximate surface area is 112 Å². The number of hydrogen-bond acceptors (Lipinski definition) is 1. The van der Waals surface area contributed by atoms with Gasteiger partial charge in [-0.1, -0.05) is 42.6 Å². The summed E-state index contributed by atoms with van der Waals surface area (Å²) >= 11 is 5.89. The van der Waals surface area contributed by atoms with Crippen LogP contribution in [0.2, 0.25) is 0 Å². The van der Waals surface area contributed by atoms with E-state index in [1.54, 1.807) is 0 Å². The Balaban J connectivity index is 2.17. The summed E-state index contributed by atoms with van der Waals surface area (Å²) in [4.78, 5) is 3.49. The molecule has 1 saturated carbocycles. The molecule has 1 fully saturated rings. The van der Waals surface area contributed by atoms with E-state index in [1.807, 2.05) is 11.3 Å². The molecule has 1 aliphatic carbocycles. The summed E-state index contributed by atoms with van der Waals surface area (Å²) < 4.78 is 0. The highest BCUT2D eigenvalue weighted by Gasteiger charge is 2.37.